The van der Waals surface area contributed by atoms with Crippen LogP contribution in [0.15, 0.2) is 30.3 Å². The lowest BCUT2D eigenvalue weighted by molar-refractivity contribution is 0.0695. The van der Waals surface area contributed by atoms with Gasteiger partial charge in [0, 0.05) is 0 Å². The molecule has 3 heteroatoms. The molecule has 2 aromatic rings. The molecule has 20 heavy (non-hydrogen) atoms. The van der Waals surface area contributed by atoms with Gasteiger partial charge < -0.3 is 9.84 Å². The molecule has 1 aliphatic carbocycles. The minimum absolute atomic E-state index is 0.358. The number of methoxy groups -OCH3 is 1. The Bertz CT molecular complexity index is 655. The molecule has 0 aliphatic heterocycles. The van der Waals surface area contributed by atoms with Gasteiger partial charge in [0.1, 0.15) is 5.75 Å². The highest BCUT2D eigenvalue weighted by Crippen LogP contribution is 2.40. The van der Waals surface area contributed by atoms with Gasteiger partial charge in [-0.3, -0.25) is 0 Å². The van der Waals surface area contributed by atoms with Crippen LogP contribution in [0.2, 0.25) is 0 Å². The van der Waals surface area contributed by atoms with Gasteiger partial charge in [0.15, 0.2) is 0 Å². The molecule has 1 N–H and O–H groups in total. The Kier molecular flexibility index (Phi) is 3.35. The zero-order valence-corrected chi connectivity index (χ0v) is 11.6. The maximum atomic E-state index is 11.5. The second-order valence-corrected chi connectivity index (χ2v) is 5.40. The minimum atomic E-state index is -0.836. The average molecular weight is 270 g/mol. The zero-order chi connectivity index (χ0) is 14.1. The summed E-state index contributed by atoms with van der Waals surface area (Å²) >= 11 is 0. The minimum Gasteiger partial charge on any atom is -0.497 e. The molecule has 0 spiro atoms. The Balaban J connectivity index is 2.28. The third-order valence-corrected chi connectivity index (χ3v) is 4.26. The van der Waals surface area contributed by atoms with Gasteiger partial charge in [0.25, 0.3) is 0 Å². The smallest absolute Gasteiger partial charge is 0.335 e. The molecule has 0 amide bonds. The van der Waals surface area contributed by atoms with Crippen LogP contribution in [0.3, 0.4) is 0 Å². The summed E-state index contributed by atoms with van der Waals surface area (Å²) in [6, 6.07) is 9.51. The SMILES string of the molecule is COc1ccc2ccc(C(=O)O)c(C3CCCC3)c2c1. The van der Waals surface area contributed by atoms with E-state index in [1.165, 1.54) is 12.8 Å². The monoisotopic (exact) mass is 270 g/mol. The molecule has 0 unspecified atom stereocenters. The Hall–Kier alpha value is -2.03. The van der Waals surface area contributed by atoms with Crippen molar-refractivity contribution in [2.24, 2.45) is 0 Å². The Morgan fingerprint density at radius 3 is 2.55 bits per heavy atom. The van der Waals surface area contributed by atoms with Crippen molar-refractivity contribution < 1.29 is 14.6 Å². The summed E-state index contributed by atoms with van der Waals surface area (Å²) in [5, 5.41) is 11.6. The van der Waals surface area contributed by atoms with E-state index in [0.717, 1.165) is 34.9 Å². The number of rotatable bonds is 3. The Labute approximate surface area is 118 Å². The van der Waals surface area contributed by atoms with E-state index in [9.17, 15) is 9.90 Å². The number of benzene rings is 2. The third kappa shape index (κ3) is 2.13. The summed E-state index contributed by atoms with van der Waals surface area (Å²) in [6.07, 6.45) is 4.53. The lowest BCUT2D eigenvalue weighted by Crippen LogP contribution is -2.06. The van der Waals surface area contributed by atoms with E-state index in [4.69, 9.17) is 4.74 Å². The summed E-state index contributed by atoms with van der Waals surface area (Å²) in [7, 11) is 1.64. The van der Waals surface area contributed by atoms with E-state index in [1.807, 2.05) is 24.3 Å². The van der Waals surface area contributed by atoms with Crippen LogP contribution in [0.25, 0.3) is 10.8 Å². The third-order valence-electron chi connectivity index (χ3n) is 4.26. The van der Waals surface area contributed by atoms with Crippen molar-refractivity contribution >= 4 is 16.7 Å². The predicted octanol–water partition coefficient (Wildman–Crippen LogP) is 4.20. The molecular weight excluding hydrogens is 252 g/mol. The molecule has 0 aromatic heterocycles. The molecule has 1 fully saturated rings. The summed E-state index contributed by atoms with van der Waals surface area (Å²) < 4.78 is 5.29. The second kappa shape index (κ2) is 5.16. The van der Waals surface area contributed by atoms with Gasteiger partial charge in [-0.1, -0.05) is 25.0 Å². The molecule has 3 rings (SSSR count). The van der Waals surface area contributed by atoms with Crippen molar-refractivity contribution in [1.82, 2.24) is 0 Å². The summed E-state index contributed by atoms with van der Waals surface area (Å²) in [5.74, 6) is 0.299. The highest BCUT2D eigenvalue weighted by atomic mass is 16.5. The van der Waals surface area contributed by atoms with Gasteiger partial charge in [-0.25, -0.2) is 4.79 Å². The van der Waals surface area contributed by atoms with Crippen molar-refractivity contribution in [3.05, 3.63) is 41.5 Å². The lowest BCUT2D eigenvalue weighted by Gasteiger charge is -2.17. The highest BCUT2D eigenvalue weighted by molar-refractivity contribution is 5.98. The quantitative estimate of drug-likeness (QED) is 0.909. The van der Waals surface area contributed by atoms with Crippen LogP contribution in [0.1, 0.15) is 47.5 Å². The summed E-state index contributed by atoms with van der Waals surface area (Å²) in [5.41, 5.74) is 1.43. The maximum absolute atomic E-state index is 11.5. The van der Waals surface area contributed by atoms with E-state index in [1.54, 1.807) is 13.2 Å². The number of carboxylic acid groups (broad SMARTS) is 1. The van der Waals surface area contributed by atoms with Crippen LogP contribution in [0.4, 0.5) is 0 Å². The molecule has 1 aliphatic rings. The first kappa shape index (κ1) is 13.0. The van der Waals surface area contributed by atoms with Gasteiger partial charge in [-0.15, -0.1) is 0 Å². The Morgan fingerprint density at radius 1 is 1.20 bits per heavy atom. The van der Waals surface area contributed by atoms with E-state index in [2.05, 4.69) is 0 Å². The fraction of sp³-hybridized carbons (Fsp3) is 0.353. The van der Waals surface area contributed by atoms with Crippen LogP contribution >= 0.6 is 0 Å². The van der Waals surface area contributed by atoms with Crippen molar-refractivity contribution in [3.63, 3.8) is 0 Å². The van der Waals surface area contributed by atoms with Gasteiger partial charge in [-0.2, -0.15) is 0 Å². The van der Waals surface area contributed by atoms with Crippen LogP contribution in [-0.2, 0) is 0 Å². The van der Waals surface area contributed by atoms with Gasteiger partial charge in [0.2, 0.25) is 0 Å². The number of fused-ring (bicyclic) bond motifs is 1. The van der Waals surface area contributed by atoms with Crippen LogP contribution in [-0.4, -0.2) is 18.2 Å². The van der Waals surface area contributed by atoms with Crippen molar-refractivity contribution in [2.45, 2.75) is 31.6 Å². The topological polar surface area (TPSA) is 46.5 Å². The van der Waals surface area contributed by atoms with Crippen LogP contribution in [0, 0.1) is 0 Å². The first-order valence-electron chi connectivity index (χ1n) is 7.04. The van der Waals surface area contributed by atoms with Crippen molar-refractivity contribution in [2.75, 3.05) is 7.11 Å². The zero-order valence-electron chi connectivity index (χ0n) is 11.6. The Morgan fingerprint density at radius 2 is 1.90 bits per heavy atom. The number of hydrogen-bond donors (Lipinski definition) is 1. The molecule has 0 saturated heterocycles. The molecule has 0 bridgehead atoms. The van der Waals surface area contributed by atoms with Crippen molar-refractivity contribution in [1.29, 1.82) is 0 Å². The van der Waals surface area contributed by atoms with Crippen LogP contribution < -0.4 is 4.74 Å². The maximum Gasteiger partial charge on any atom is 0.335 e. The van der Waals surface area contributed by atoms with E-state index in [-0.39, 0.29) is 0 Å². The molecule has 0 atom stereocenters. The van der Waals surface area contributed by atoms with Gasteiger partial charge in [0.05, 0.1) is 12.7 Å². The molecule has 1 saturated carbocycles. The molecule has 3 nitrogen and oxygen atoms in total. The van der Waals surface area contributed by atoms with Gasteiger partial charge in [-0.05, 0) is 53.3 Å². The number of hydrogen-bond acceptors (Lipinski definition) is 2. The second-order valence-electron chi connectivity index (χ2n) is 5.40. The van der Waals surface area contributed by atoms with E-state index in [0.29, 0.717) is 11.5 Å². The highest BCUT2D eigenvalue weighted by Gasteiger charge is 2.24. The number of carboxylic acids is 1. The van der Waals surface area contributed by atoms with E-state index >= 15 is 0 Å². The number of ether oxygens (including phenoxy) is 1. The molecule has 2 aromatic carbocycles. The lowest BCUT2D eigenvalue weighted by atomic mass is 9.88. The van der Waals surface area contributed by atoms with Gasteiger partial charge >= 0.3 is 5.97 Å². The fourth-order valence-corrected chi connectivity index (χ4v) is 3.29. The summed E-state index contributed by atoms with van der Waals surface area (Å²) in [6.45, 7) is 0. The molecular formula is C17H18O3. The normalized spacial score (nSPS) is 15.7. The van der Waals surface area contributed by atoms with Crippen LogP contribution in [0.5, 0.6) is 5.75 Å². The average Bonchev–Trinajstić information content (AvgIpc) is 2.99. The summed E-state index contributed by atoms with van der Waals surface area (Å²) in [4.78, 5) is 11.5. The molecule has 104 valence electrons. The first-order valence-corrected chi connectivity index (χ1v) is 7.04. The molecule has 0 heterocycles. The standard InChI is InChI=1S/C17H18O3/c1-20-13-8-6-11-7-9-14(17(18)19)16(15(11)10-13)12-4-2-3-5-12/h6-10,12H,2-5H2,1H3,(H,18,19). The van der Waals surface area contributed by atoms with E-state index < -0.39 is 5.97 Å². The predicted molar refractivity (Wildman–Crippen MR) is 78.7 cm³/mol. The number of carbonyl (C=O) groups is 1. The van der Waals surface area contributed by atoms with Crippen molar-refractivity contribution in [3.8, 4) is 5.75 Å². The first-order chi connectivity index (χ1) is 9.70. The largest absolute Gasteiger partial charge is 0.497 e. The fourth-order valence-electron chi connectivity index (χ4n) is 3.29. The number of aromatic carboxylic acids is 1. The molecule has 0 radical (unpaired) electrons.